The van der Waals surface area contributed by atoms with Gasteiger partial charge >= 0.3 is 0 Å². The quantitative estimate of drug-likeness (QED) is 0.777. The second-order valence-electron chi connectivity index (χ2n) is 6.74. The molecule has 2 aliphatic rings. The van der Waals surface area contributed by atoms with Gasteiger partial charge in [-0.05, 0) is 12.8 Å². The molecule has 2 saturated heterocycles. The number of methoxy groups -OCH3 is 3. The fraction of sp³-hybridized carbons (Fsp3) is 0.579. The Bertz CT molecular complexity index is 676. The van der Waals surface area contributed by atoms with Crippen LogP contribution >= 0.6 is 0 Å². The van der Waals surface area contributed by atoms with Gasteiger partial charge in [0, 0.05) is 43.9 Å². The Hall–Kier alpha value is -2.48. The molecule has 3 rings (SSSR count). The predicted molar refractivity (Wildman–Crippen MR) is 98.4 cm³/mol. The lowest BCUT2D eigenvalue weighted by molar-refractivity contribution is -0.129. The van der Waals surface area contributed by atoms with E-state index in [9.17, 15) is 9.59 Å². The molecular weight excluding hydrogens is 352 g/mol. The summed E-state index contributed by atoms with van der Waals surface area (Å²) in [7, 11) is 4.55. The van der Waals surface area contributed by atoms with Gasteiger partial charge in [0.1, 0.15) is 0 Å². The molecule has 8 heteroatoms. The van der Waals surface area contributed by atoms with Crippen molar-refractivity contribution in [3.8, 4) is 17.2 Å². The van der Waals surface area contributed by atoms with E-state index in [1.54, 1.807) is 17.0 Å². The van der Waals surface area contributed by atoms with Crippen molar-refractivity contribution in [1.29, 1.82) is 0 Å². The van der Waals surface area contributed by atoms with Crippen molar-refractivity contribution in [2.24, 2.45) is 5.92 Å². The minimum absolute atomic E-state index is 0.00413. The van der Waals surface area contributed by atoms with Gasteiger partial charge < -0.3 is 29.2 Å². The maximum Gasteiger partial charge on any atom is 0.229 e. The Morgan fingerprint density at radius 2 is 1.93 bits per heavy atom. The molecule has 2 aliphatic heterocycles. The highest BCUT2D eigenvalue weighted by atomic mass is 16.5. The average molecular weight is 378 g/mol. The molecule has 148 valence electrons. The Kier molecular flexibility index (Phi) is 6.05. The SMILES string of the molecule is COc1cc(NC(=O)C2CC(=O)N(CC3CCCO3)C2)cc(OC)c1OC. The Morgan fingerprint density at radius 1 is 1.22 bits per heavy atom. The van der Waals surface area contributed by atoms with Gasteiger partial charge in [0.05, 0.1) is 33.4 Å². The highest BCUT2D eigenvalue weighted by Crippen LogP contribution is 2.40. The standard InChI is InChI=1S/C19H26N2O6/c1-24-15-8-13(9-16(25-2)18(15)26-3)20-19(23)12-7-17(22)21(10-12)11-14-5-4-6-27-14/h8-9,12,14H,4-7,10-11H2,1-3H3,(H,20,23). The van der Waals surface area contributed by atoms with Crippen molar-refractivity contribution >= 4 is 17.5 Å². The van der Waals surface area contributed by atoms with Crippen LogP contribution < -0.4 is 19.5 Å². The molecule has 2 atom stereocenters. The summed E-state index contributed by atoms with van der Waals surface area (Å²) in [5.41, 5.74) is 0.527. The number of hydrogen-bond donors (Lipinski definition) is 1. The number of carbonyl (C=O) groups excluding carboxylic acids is 2. The number of likely N-dealkylation sites (tertiary alicyclic amines) is 1. The van der Waals surface area contributed by atoms with Gasteiger partial charge in [0.25, 0.3) is 0 Å². The van der Waals surface area contributed by atoms with Gasteiger partial charge in [-0.15, -0.1) is 0 Å². The summed E-state index contributed by atoms with van der Waals surface area (Å²) in [6.45, 7) is 1.72. The molecule has 0 radical (unpaired) electrons. The fourth-order valence-electron chi connectivity index (χ4n) is 3.56. The summed E-state index contributed by atoms with van der Waals surface area (Å²) in [6.07, 6.45) is 2.29. The van der Waals surface area contributed by atoms with Crippen LogP contribution in [0.2, 0.25) is 0 Å². The molecule has 0 aromatic heterocycles. The van der Waals surface area contributed by atoms with E-state index in [0.29, 0.717) is 36.0 Å². The van der Waals surface area contributed by atoms with Gasteiger partial charge in [0.2, 0.25) is 17.6 Å². The van der Waals surface area contributed by atoms with Crippen molar-refractivity contribution in [2.45, 2.75) is 25.4 Å². The molecule has 27 heavy (non-hydrogen) atoms. The number of carbonyl (C=O) groups is 2. The molecule has 0 bridgehead atoms. The first-order chi connectivity index (χ1) is 13.0. The van der Waals surface area contributed by atoms with Crippen LogP contribution in [0.1, 0.15) is 19.3 Å². The lowest BCUT2D eigenvalue weighted by atomic mass is 10.1. The second-order valence-corrected chi connectivity index (χ2v) is 6.74. The summed E-state index contributed by atoms with van der Waals surface area (Å²) in [4.78, 5) is 26.6. The first-order valence-corrected chi connectivity index (χ1v) is 9.06. The van der Waals surface area contributed by atoms with Crippen LogP contribution in [0.4, 0.5) is 5.69 Å². The Balaban J connectivity index is 1.65. The number of rotatable bonds is 7. The molecule has 1 aromatic rings. The summed E-state index contributed by atoms with van der Waals surface area (Å²) in [5.74, 6) is 0.766. The van der Waals surface area contributed by atoms with Gasteiger partial charge in [-0.1, -0.05) is 0 Å². The van der Waals surface area contributed by atoms with E-state index in [4.69, 9.17) is 18.9 Å². The molecule has 0 spiro atoms. The third kappa shape index (κ3) is 4.27. The smallest absolute Gasteiger partial charge is 0.229 e. The monoisotopic (exact) mass is 378 g/mol. The van der Waals surface area contributed by atoms with Crippen molar-refractivity contribution in [1.82, 2.24) is 4.90 Å². The lowest BCUT2D eigenvalue weighted by Crippen LogP contribution is -2.34. The first kappa shape index (κ1) is 19.3. The topological polar surface area (TPSA) is 86.3 Å². The van der Waals surface area contributed by atoms with Gasteiger partial charge in [-0.3, -0.25) is 9.59 Å². The molecule has 2 unspecified atom stereocenters. The number of benzene rings is 1. The number of nitrogens with zero attached hydrogens (tertiary/aromatic N) is 1. The second kappa shape index (κ2) is 8.47. The number of amides is 2. The Morgan fingerprint density at radius 3 is 2.48 bits per heavy atom. The van der Waals surface area contributed by atoms with Crippen LogP contribution in [-0.4, -0.2) is 63.8 Å². The van der Waals surface area contributed by atoms with Gasteiger partial charge in [0.15, 0.2) is 11.5 Å². The van der Waals surface area contributed by atoms with Crippen LogP contribution in [0.5, 0.6) is 17.2 Å². The van der Waals surface area contributed by atoms with Crippen LogP contribution in [0.3, 0.4) is 0 Å². The summed E-state index contributed by atoms with van der Waals surface area (Å²) in [5, 5.41) is 2.85. The van der Waals surface area contributed by atoms with Crippen molar-refractivity contribution < 1.29 is 28.5 Å². The van der Waals surface area contributed by atoms with E-state index in [1.807, 2.05) is 0 Å². The number of anilines is 1. The number of hydrogen-bond acceptors (Lipinski definition) is 6. The summed E-state index contributed by atoms with van der Waals surface area (Å²) >= 11 is 0. The zero-order valence-corrected chi connectivity index (χ0v) is 15.9. The van der Waals surface area contributed by atoms with Crippen LogP contribution in [0.25, 0.3) is 0 Å². The van der Waals surface area contributed by atoms with E-state index in [1.165, 1.54) is 21.3 Å². The van der Waals surface area contributed by atoms with Crippen LogP contribution in [-0.2, 0) is 14.3 Å². The van der Waals surface area contributed by atoms with E-state index in [-0.39, 0.29) is 24.3 Å². The molecule has 8 nitrogen and oxygen atoms in total. The maximum absolute atomic E-state index is 12.7. The molecular formula is C19H26N2O6. The van der Waals surface area contributed by atoms with Crippen molar-refractivity contribution in [2.75, 3.05) is 46.3 Å². The maximum atomic E-state index is 12.7. The van der Waals surface area contributed by atoms with Crippen LogP contribution in [0, 0.1) is 5.92 Å². The van der Waals surface area contributed by atoms with Crippen molar-refractivity contribution in [3.63, 3.8) is 0 Å². The third-order valence-electron chi connectivity index (χ3n) is 4.97. The molecule has 1 aromatic carbocycles. The zero-order valence-electron chi connectivity index (χ0n) is 15.9. The van der Waals surface area contributed by atoms with Gasteiger partial charge in [-0.25, -0.2) is 0 Å². The van der Waals surface area contributed by atoms with E-state index >= 15 is 0 Å². The third-order valence-corrected chi connectivity index (χ3v) is 4.97. The minimum Gasteiger partial charge on any atom is -0.493 e. The first-order valence-electron chi connectivity index (χ1n) is 9.06. The van der Waals surface area contributed by atoms with Crippen molar-refractivity contribution in [3.05, 3.63) is 12.1 Å². The average Bonchev–Trinajstić information content (AvgIpc) is 3.31. The summed E-state index contributed by atoms with van der Waals surface area (Å²) in [6, 6.07) is 3.33. The van der Waals surface area contributed by atoms with E-state index in [2.05, 4.69) is 5.32 Å². The Labute approximate surface area is 158 Å². The van der Waals surface area contributed by atoms with Crippen LogP contribution in [0.15, 0.2) is 12.1 Å². The largest absolute Gasteiger partial charge is 0.493 e. The highest BCUT2D eigenvalue weighted by molar-refractivity contribution is 5.97. The fourth-order valence-corrected chi connectivity index (χ4v) is 3.56. The predicted octanol–water partition coefficient (Wildman–Crippen LogP) is 1.68. The highest BCUT2D eigenvalue weighted by Gasteiger charge is 2.36. The molecule has 1 N–H and O–H groups in total. The number of ether oxygens (including phenoxy) is 4. The molecule has 0 aliphatic carbocycles. The van der Waals surface area contributed by atoms with E-state index in [0.717, 1.165) is 19.4 Å². The summed E-state index contributed by atoms with van der Waals surface area (Å²) < 4.78 is 21.5. The van der Waals surface area contributed by atoms with E-state index < -0.39 is 5.92 Å². The normalized spacial score (nSPS) is 22.0. The minimum atomic E-state index is -0.391. The molecule has 2 amide bonds. The zero-order chi connectivity index (χ0) is 19.4. The molecule has 2 heterocycles. The molecule has 2 fully saturated rings. The molecule has 0 saturated carbocycles. The number of nitrogens with one attached hydrogen (secondary N) is 1. The van der Waals surface area contributed by atoms with Gasteiger partial charge in [-0.2, -0.15) is 0 Å². The lowest BCUT2D eigenvalue weighted by Gasteiger charge is -2.20.